The molecule has 5 aromatic rings. The van der Waals surface area contributed by atoms with Crippen molar-refractivity contribution in [2.45, 2.75) is 83.0 Å². The minimum Gasteiger partial charge on any atom is -0.382 e. The number of piperidine rings is 1. The lowest BCUT2D eigenvalue weighted by molar-refractivity contribution is -0.125. The fraction of sp³-hybridized carbons (Fsp3) is 0.366. The molecule has 3 aromatic carbocycles. The quantitative estimate of drug-likeness (QED) is 0.173. The molecule has 8 rings (SSSR count). The minimum atomic E-state index is -0.549. The molecule has 3 aliphatic rings. The molecule has 9 heteroatoms. The number of hydrogen-bond acceptors (Lipinski definition) is 5. The maximum Gasteiger partial charge on any atom is 0.257 e. The van der Waals surface area contributed by atoms with Crippen LogP contribution in [-0.4, -0.2) is 43.6 Å². The van der Waals surface area contributed by atoms with E-state index >= 15 is 4.39 Å². The molecule has 0 spiro atoms. The van der Waals surface area contributed by atoms with E-state index in [1.807, 2.05) is 52.3 Å². The highest BCUT2D eigenvalue weighted by atomic mass is 19.1. The Hall–Kier alpha value is -5.05. The topological polar surface area (TPSA) is 92.2 Å². The van der Waals surface area contributed by atoms with Crippen LogP contribution in [0.2, 0.25) is 0 Å². The van der Waals surface area contributed by atoms with E-state index in [0.29, 0.717) is 30.3 Å². The number of likely N-dealkylation sites (tertiary alicyclic amines) is 1. The van der Waals surface area contributed by atoms with E-state index in [9.17, 15) is 9.59 Å². The molecule has 256 valence electrons. The van der Waals surface area contributed by atoms with E-state index in [1.165, 1.54) is 18.9 Å². The number of amides is 2. The average molecular weight is 671 g/mol. The molecule has 0 bridgehead atoms. The Labute approximate surface area is 292 Å². The van der Waals surface area contributed by atoms with Crippen LogP contribution in [0.5, 0.6) is 0 Å². The van der Waals surface area contributed by atoms with Crippen LogP contribution in [0.4, 0.5) is 15.8 Å². The molecule has 2 N–H and O–H groups in total. The van der Waals surface area contributed by atoms with E-state index in [0.717, 1.165) is 59.8 Å². The number of carbonyl (C=O) groups excluding carboxylic acids is 2. The van der Waals surface area contributed by atoms with E-state index < -0.39 is 17.8 Å². The van der Waals surface area contributed by atoms with Crippen molar-refractivity contribution in [2.75, 3.05) is 10.6 Å². The Morgan fingerprint density at radius 3 is 2.50 bits per heavy atom. The summed E-state index contributed by atoms with van der Waals surface area (Å²) in [6.07, 6.45) is 13.6. The number of nitrogens with one attached hydrogen (secondary N) is 2. The molecule has 2 saturated carbocycles. The van der Waals surface area contributed by atoms with Gasteiger partial charge in [0.05, 0.1) is 35.8 Å². The van der Waals surface area contributed by atoms with Gasteiger partial charge in [0.25, 0.3) is 5.91 Å². The average Bonchev–Trinajstić information content (AvgIpc) is 3.90. The largest absolute Gasteiger partial charge is 0.382 e. The summed E-state index contributed by atoms with van der Waals surface area (Å²) in [7, 11) is 0. The zero-order valence-corrected chi connectivity index (χ0v) is 28.4. The third-order valence-corrected chi connectivity index (χ3v) is 11.2. The number of aryl methyl sites for hydroxylation is 1. The lowest BCUT2D eigenvalue weighted by Gasteiger charge is -2.48. The number of fused-ring (bicyclic) bond motifs is 2. The maximum absolute atomic E-state index is 15.4. The van der Waals surface area contributed by atoms with Crippen LogP contribution < -0.4 is 10.6 Å². The van der Waals surface area contributed by atoms with Crippen LogP contribution in [0.15, 0.2) is 91.4 Å². The second-order valence-electron chi connectivity index (χ2n) is 14.4. The summed E-state index contributed by atoms with van der Waals surface area (Å²) in [6, 6.07) is 22.6. The second kappa shape index (κ2) is 13.7. The van der Waals surface area contributed by atoms with Gasteiger partial charge in [-0.25, -0.2) is 4.39 Å². The van der Waals surface area contributed by atoms with E-state index in [-0.39, 0.29) is 29.3 Å². The highest BCUT2D eigenvalue weighted by Crippen LogP contribution is 2.49. The Kier molecular flexibility index (Phi) is 8.81. The minimum absolute atomic E-state index is 0.0612. The van der Waals surface area contributed by atoms with Gasteiger partial charge >= 0.3 is 0 Å². The normalized spacial score (nSPS) is 22.1. The summed E-state index contributed by atoms with van der Waals surface area (Å²) < 4.78 is 17.4. The summed E-state index contributed by atoms with van der Waals surface area (Å²) in [5.41, 5.74) is 5.31. The first-order valence-electron chi connectivity index (χ1n) is 18.0. The molecule has 50 heavy (non-hydrogen) atoms. The van der Waals surface area contributed by atoms with Gasteiger partial charge in [0.1, 0.15) is 5.82 Å². The molecule has 2 amide bonds. The zero-order chi connectivity index (χ0) is 34.2. The van der Waals surface area contributed by atoms with Gasteiger partial charge in [0, 0.05) is 41.2 Å². The first-order chi connectivity index (χ1) is 24.4. The molecule has 1 saturated heterocycles. The fourth-order valence-electron chi connectivity index (χ4n) is 8.74. The first-order valence-corrected chi connectivity index (χ1v) is 18.0. The summed E-state index contributed by atoms with van der Waals surface area (Å²) in [6.45, 7) is 2.37. The van der Waals surface area contributed by atoms with E-state index in [2.05, 4.69) is 45.0 Å². The number of anilines is 2. The molecule has 2 aliphatic carbocycles. The monoisotopic (exact) mass is 670 g/mol. The Bertz CT molecular complexity index is 1980. The van der Waals surface area contributed by atoms with Gasteiger partial charge in [0.15, 0.2) is 0 Å². The lowest BCUT2D eigenvalue weighted by atomic mass is 9.76. The van der Waals surface area contributed by atoms with Gasteiger partial charge in [-0.3, -0.25) is 19.3 Å². The third kappa shape index (κ3) is 6.25. The highest BCUT2D eigenvalue weighted by molar-refractivity contribution is 5.99. The Morgan fingerprint density at radius 2 is 1.72 bits per heavy atom. The number of benzene rings is 3. The molecule has 2 aromatic heterocycles. The van der Waals surface area contributed by atoms with Crippen LogP contribution >= 0.6 is 0 Å². The van der Waals surface area contributed by atoms with E-state index in [1.54, 1.807) is 25.3 Å². The van der Waals surface area contributed by atoms with Crippen molar-refractivity contribution >= 4 is 34.1 Å². The second-order valence-corrected chi connectivity index (χ2v) is 14.4. The van der Waals surface area contributed by atoms with Crippen molar-refractivity contribution in [3.8, 4) is 0 Å². The fourth-order valence-corrected chi connectivity index (χ4v) is 8.74. The van der Waals surface area contributed by atoms with Crippen molar-refractivity contribution in [1.82, 2.24) is 19.7 Å². The van der Waals surface area contributed by atoms with Gasteiger partial charge in [0.2, 0.25) is 5.91 Å². The van der Waals surface area contributed by atoms with Crippen molar-refractivity contribution in [1.29, 1.82) is 0 Å². The number of carbonyl (C=O) groups is 2. The van der Waals surface area contributed by atoms with Crippen molar-refractivity contribution in [2.24, 2.45) is 11.8 Å². The highest BCUT2D eigenvalue weighted by Gasteiger charge is 2.50. The van der Waals surface area contributed by atoms with Gasteiger partial charge in [-0.1, -0.05) is 49.6 Å². The van der Waals surface area contributed by atoms with Crippen LogP contribution in [0.3, 0.4) is 0 Å². The lowest BCUT2D eigenvalue weighted by Crippen LogP contribution is -2.54. The van der Waals surface area contributed by atoms with Crippen LogP contribution in [-0.2, 0) is 11.3 Å². The SMILES string of the molecule is Cc1cccc(F)c1C(=O)N1C2CCCC2CC(C(=O)Nc2ccc3c(cnn3Cc3cccnc3)c2)[C@@H]1c1ccc(NC2CCCC2)cc1. The first kappa shape index (κ1) is 32.2. The van der Waals surface area contributed by atoms with Crippen molar-refractivity contribution in [3.63, 3.8) is 0 Å². The number of halogens is 1. The predicted octanol–water partition coefficient (Wildman–Crippen LogP) is 8.29. The smallest absolute Gasteiger partial charge is 0.257 e. The number of pyridine rings is 1. The summed E-state index contributed by atoms with van der Waals surface area (Å²) in [4.78, 5) is 35.2. The number of hydrogen-bond donors (Lipinski definition) is 2. The molecule has 3 heterocycles. The molecular formula is C41H43FN6O2. The van der Waals surface area contributed by atoms with Gasteiger partial charge in [-0.05, 0) is 104 Å². The zero-order valence-electron chi connectivity index (χ0n) is 28.4. The molecule has 3 unspecified atom stereocenters. The Balaban J connectivity index is 1.12. The van der Waals surface area contributed by atoms with Crippen molar-refractivity contribution < 1.29 is 14.0 Å². The molecular weight excluding hydrogens is 627 g/mol. The summed E-state index contributed by atoms with van der Waals surface area (Å²) in [5.74, 6) is -1.37. The maximum atomic E-state index is 15.4. The van der Waals surface area contributed by atoms with Crippen LogP contribution in [0.25, 0.3) is 10.9 Å². The van der Waals surface area contributed by atoms with E-state index in [4.69, 9.17) is 0 Å². The molecule has 1 aliphatic heterocycles. The molecule has 8 nitrogen and oxygen atoms in total. The predicted molar refractivity (Wildman–Crippen MR) is 193 cm³/mol. The summed E-state index contributed by atoms with van der Waals surface area (Å²) >= 11 is 0. The number of nitrogens with zero attached hydrogens (tertiary/aromatic N) is 4. The van der Waals surface area contributed by atoms with Crippen LogP contribution in [0.1, 0.15) is 84.5 Å². The number of aromatic nitrogens is 3. The Morgan fingerprint density at radius 1 is 0.900 bits per heavy atom. The van der Waals surface area contributed by atoms with Gasteiger partial charge in [-0.15, -0.1) is 0 Å². The molecule has 3 fully saturated rings. The molecule has 4 atom stereocenters. The number of rotatable bonds is 8. The van der Waals surface area contributed by atoms with Gasteiger partial charge < -0.3 is 15.5 Å². The molecule has 0 radical (unpaired) electrons. The van der Waals surface area contributed by atoms with Crippen molar-refractivity contribution in [3.05, 3.63) is 119 Å². The standard InChI is InChI=1S/C41H43FN6O2/c1-26-7-4-12-35(42)38(26)41(50)48-37-13-5-9-29(37)22-34(39(48)28-14-16-32(17-15-28)45-31-10-2-3-11-31)40(49)46-33-18-19-36-30(21-33)24-44-47(36)25-27-8-6-20-43-23-27/h4,6-8,12,14-21,23-24,29,31,34,37,39,45H,2-3,5,9-11,13,22,25H2,1H3,(H,46,49)/t29?,34?,37?,39-/m0/s1. The third-order valence-electron chi connectivity index (χ3n) is 11.2. The van der Waals surface area contributed by atoms with Gasteiger partial charge in [-0.2, -0.15) is 5.10 Å². The summed E-state index contributed by atoms with van der Waals surface area (Å²) in [5, 5.41) is 12.4. The van der Waals surface area contributed by atoms with Crippen LogP contribution in [0, 0.1) is 24.6 Å².